The molecule has 36 heavy (non-hydrogen) atoms. The van der Waals surface area contributed by atoms with Gasteiger partial charge in [-0.3, -0.25) is 0 Å². The molecule has 2 heterocycles. The molecule has 8 nitrogen and oxygen atoms in total. The summed E-state index contributed by atoms with van der Waals surface area (Å²) in [6.45, 7) is 10.2. The van der Waals surface area contributed by atoms with Gasteiger partial charge in [-0.15, -0.1) is 0 Å². The molecule has 3 fully saturated rings. The minimum Gasteiger partial charge on any atom is -0.511 e. The fourth-order valence-electron chi connectivity index (χ4n) is 8.74. The molecule has 0 amide bonds. The fourth-order valence-corrected chi connectivity index (χ4v) is 8.74. The molecule has 5 aliphatic rings. The van der Waals surface area contributed by atoms with Gasteiger partial charge in [-0.25, -0.2) is 0 Å². The molecule has 3 aliphatic carbocycles. The first-order valence-electron chi connectivity index (χ1n) is 13.0. The number of rotatable bonds is 8. The lowest BCUT2D eigenvalue weighted by Gasteiger charge is -2.59. The van der Waals surface area contributed by atoms with E-state index in [2.05, 4.69) is 0 Å². The van der Waals surface area contributed by atoms with E-state index in [-0.39, 0.29) is 22.7 Å². The van der Waals surface area contributed by atoms with Crippen molar-refractivity contribution in [2.24, 2.45) is 22.7 Å². The molecule has 0 radical (unpaired) electrons. The van der Waals surface area contributed by atoms with Gasteiger partial charge in [0.1, 0.15) is 22.7 Å². The predicted octanol–water partition coefficient (Wildman–Crippen LogP) is 3.29. The largest absolute Gasteiger partial charge is 0.511 e. The standard InChI is InChI=1S/C28H40O8/c1-7-9-11-13-15(29)17-19-23(3)22(32)18(16(30)14-12-10-8-2)20-24(4,21(17)31)28(34)25(19,5)35-27(23,33)26(20,6)36-28/h7-10,15-16,19-20,29-34H,11-14H2,1-6H3/b9-7+,10-8+/t15?,16?,19-,20-,23-,24-,25+,26+,27-,28-/m1/s1. The second-order valence-corrected chi connectivity index (χ2v) is 11.9. The summed E-state index contributed by atoms with van der Waals surface area (Å²) < 4.78 is 12.8. The van der Waals surface area contributed by atoms with Gasteiger partial charge in [-0.1, -0.05) is 24.3 Å². The topological polar surface area (TPSA) is 140 Å². The highest BCUT2D eigenvalue weighted by Crippen LogP contribution is 2.85. The predicted molar refractivity (Wildman–Crippen MR) is 131 cm³/mol. The average molecular weight is 505 g/mol. The van der Waals surface area contributed by atoms with Crippen molar-refractivity contribution in [3.8, 4) is 0 Å². The summed E-state index contributed by atoms with van der Waals surface area (Å²) in [6, 6.07) is 0. The molecule has 2 saturated heterocycles. The van der Waals surface area contributed by atoms with Crippen LogP contribution in [0, 0.1) is 22.7 Å². The molecule has 0 spiro atoms. The van der Waals surface area contributed by atoms with Crippen molar-refractivity contribution in [1.29, 1.82) is 0 Å². The van der Waals surface area contributed by atoms with E-state index in [1.807, 2.05) is 38.2 Å². The maximum atomic E-state index is 12.3. The highest BCUT2D eigenvalue weighted by Gasteiger charge is 2.97. The Morgan fingerprint density at radius 1 is 0.722 bits per heavy atom. The Balaban J connectivity index is 1.81. The Morgan fingerprint density at radius 2 is 1.06 bits per heavy atom. The SMILES string of the molecule is C/C=C/CCC(O)C1=C(O)[C@@]2(C)[C@H]3C(C(O)CC/C=C/C)=C(O)[C@@]4(C)[C@@H]1[C@]1(C)O[C@@]4(O)[C@@]3(C)O[C@@]12O. The molecule has 0 aromatic rings. The van der Waals surface area contributed by atoms with E-state index in [1.165, 1.54) is 0 Å². The summed E-state index contributed by atoms with van der Waals surface area (Å²) in [7, 11) is 0. The monoisotopic (exact) mass is 504 g/mol. The number of aliphatic hydroxyl groups is 6. The van der Waals surface area contributed by atoms with Crippen LogP contribution in [0.1, 0.15) is 67.2 Å². The number of hydrogen-bond acceptors (Lipinski definition) is 8. The lowest BCUT2D eigenvalue weighted by molar-refractivity contribution is -0.453. The molecule has 8 bridgehead atoms. The second kappa shape index (κ2) is 7.46. The van der Waals surface area contributed by atoms with Crippen LogP contribution in [0.15, 0.2) is 47.0 Å². The van der Waals surface area contributed by atoms with E-state index in [4.69, 9.17) is 9.47 Å². The van der Waals surface area contributed by atoms with Crippen LogP contribution in [0.25, 0.3) is 0 Å². The van der Waals surface area contributed by atoms with Crippen LogP contribution in [0.2, 0.25) is 0 Å². The van der Waals surface area contributed by atoms with Gasteiger partial charge in [0.05, 0.1) is 23.0 Å². The van der Waals surface area contributed by atoms with E-state index in [0.717, 1.165) is 0 Å². The van der Waals surface area contributed by atoms with Crippen molar-refractivity contribution in [1.82, 2.24) is 0 Å². The maximum Gasteiger partial charge on any atom is 0.209 e. The fraction of sp³-hybridized carbons (Fsp3) is 0.714. The molecule has 2 aliphatic heterocycles. The van der Waals surface area contributed by atoms with E-state index in [1.54, 1.807) is 27.7 Å². The highest BCUT2D eigenvalue weighted by molar-refractivity contribution is 5.56. The molecule has 5 rings (SSSR count). The van der Waals surface area contributed by atoms with E-state index < -0.39 is 57.7 Å². The summed E-state index contributed by atoms with van der Waals surface area (Å²) in [5.41, 5.74) is -5.98. The Kier molecular flexibility index (Phi) is 5.37. The lowest BCUT2D eigenvalue weighted by Crippen LogP contribution is -2.70. The third kappa shape index (κ3) is 2.34. The maximum absolute atomic E-state index is 12.3. The molecule has 8 heteroatoms. The normalized spacial score (nSPS) is 50.4. The van der Waals surface area contributed by atoms with Gasteiger partial charge in [0, 0.05) is 23.0 Å². The first-order chi connectivity index (χ1) is 16.7. The van der Waals surface area contributed by atoms with Gasteiger partial charge in [0.15, 0.2) is 0 Å². The van der Waals surface area contributed by atoms with Gasteiger partial charge in [-0.05, 0) is 67.2 Å². The molecule has 0 aromatic carbocycles. The number of hydrogen-bond donors (Lipinski definition) is 6. The van der Waals surface area contributed by atoms with Gasteiger partial charge in [0.25, 0.3) is 0 Å². The third-order valence-corrected chi connectivity index (χ3v) is 10.3. The molecular weight excluding hydrogens is 464 g/mol. The first kappa shape index (κ1) is 25.9. The van der Waals surface area contributed by atoms with Crippen molar-refractivity contribution < 1.29 is 40.1 Å². The molecular formula is C28H40O8. The van der Waals surface area contributed by atoms with Gasteiger partial charge >= 0.3 is 0 Å². The Hall–Kier alpha value is -1.68. The summed E-state index contributed by atoms with van der Waals surface area (Å²) in [4.78, 5) is 0. The molecule has 0 aromatic heterocycles. The Morgan fingerprint density at radius 3 is 1.36 bits per heavy atom. The van der Waals surface area contributed by atoms with E-state index in [0.29, 0.717) is 25.7 Å². The van der Waals surface area contributed by atoms with Crippen LogP contribution in [0.4, 0.5) is 0 Å². The zero-order valence-corrected chi connectivity index (χ0v) is 21.9. The second-order valence-electron chi connectivity index (χ2n) is 11.9. The molecule has 10 atom stereocenters. The molecule has 6 N–H and O–H groups in total. The number of ether oxygens (including phenoxy) is 2. The minimum atomic E-state index is -2.10. The number of aliphatic hydroxyl groups excluding tert-OH is 4. The molecule has 200 valence electrons. The third-order valence-electron chi connectivity index (χ3n) is 10.3. The summed E-state index contributed by atoms with van der Waals surface area (Å²) in [5.74, 6) is -6.71. The van der Waals surface area contributed by atoms with Crippen LogP contribution in [-0.4, -0.2) is 65.6 Å². The quantitative estimate of drug-likeness (QED) is 0.277. The zero-order valence-electron chi connectivity index (χ0n) is 21.9. The van der Waals surface area contributed by atoms with Crippen LogP contribution >= 0.6 is 0 Å². The molecule has 2 unspecified atom stereocenters. The average Bonchev–Trinajstić information content (AvgIpc) is 3.12. The van der Waals surface area contributed by atoms with Crippen LogP contribution in [-0.2, 0) is 9.47 Å². The lowest BCUT2D eigenvalue weighted by atomic mass is 9.42. The molecule has 1 saturated carbocycles. The van der Waals surface area contributed by atoms with Gasteiger partial charge < -0.3 is 40.1 Å². The first-order valence-corrected chi connectivity index (χ1v) is 13.0. The summed E-state index contributed by atoms with van der Waals surface area (Å²) >= 11 is 0. The Labute approximate surface area is 212 Å². The number of allylic oxidation sites excluding steroid dienone is 4. The summed E-state index contributed by atoms with van der Waals surface area (Å²) in [5, 5.41) is 71.2. The van der Waals surface area contributed by atoms with E-state index in [9.17, 15) is 30.6 Å². The van der Waals surface area contributed by atoms with Crippen LogP contribution in [0.5, 0.6) is 0 Å². The highest BCUT2D eigenvalue weighted by atomic mass is 16.8. The van der Waals surface area contributed by atoms with Crippen LogP contribution < -0.4 is 0 Å². The van der Waals surface area contributed by atoms with Crippen LogP contribution in [0.3, 0.4) is 0 Å². The zero-order chi connectivity index (χ0) is 26.7. The minimum absolute atomic E-state index is 0.224. The van der Waals surface area contributed by atoms with Crippen molar-refractivity contribution in [2.75, 3.05) is 0 Å². The Bertz CT molecular complexity index is 1020. The van der Waals surface area contributed by atoms with Crippen molar-refractivity contribution >= 4 is 0 Å². The van der Waals surface area contributed by atoms with Crippen molar-refractivity contribution in [2.45, 2.75) is 102 Å². The van der Waals surface area contributed by atoms with Gasteiger partial charge in [0.2, 0.25) is 11.6 Å². The van der Waals surface area contributed by atoms with Gasteiger partial charge in [-0.2, -0.15) is 0 Å². The summed E-state index contributed by atoms with van der Waals surface area (Å²) in [6.07, 6.45) is 7.04. The van der Waals surface area contributed by atoms with Crippen molar-refractivity contribution in [3.63, 3.8) is 0 Å². The van der Waals surface area contributed by atoms with Crippen molar-refractivity contribution in [3.05, 3.63) is 47.0 Å². The van der Waals surface area contributed by atoms with E-state index >= 15 is 0 Å². The smallest absolute Gasteiger partial charge is 0.209 e.